The maximum atomic E-state index is 12.9. The molecule has 68 heavy (non-hydrogen) atoms. The van der Waals surface area contributed by atoms with E-state index in [0.29, 0.717) is 13.0 Å². The standard InChI is InChI=1S/C55H94O12S/c1-3-5-7-9-11-13-15-17-19-21-23-24-25-27-29-31-33-35-37-39-41-43-45-63-47-49(48-64-55-53(59)54(67-68(60,61)62)52(58)50(46-56)66-55)65-51(57)44-42-40-38-36-34-32-30-28-26-22-20-18-16-14-12-10-8-6-4-2/h6,8,12,14,18,20-21,23,26,28,32,34,38,40,49-50,52-56,58-59H,3-5,7,9-11,13,15-17,19,22,24-25,27,29-31,33,35-37,39,41-48H2,1-2H3,(H,60,61,62)/b8-6-,14-12-,20-18-,23-21-,28-26-,34-32-,40-38-. The smallest absolute Gasteiger partial charge is 0.397 e. The van der Waals surface area contributed by atoms with E-state index >= 15 is 0 Å². The van der Waals surface area contributed by atoms with Crippen LogP contribution in [-0.2, 0) is 38.3 Å². The molecule has 392 valence electrons. The summed E-state index contributed by atoms with van der Waals surface area (Å²) in [6.07, 6.45) is 52.0. The Hall–Kier alpha value is -2.72. The topological polar surface area (TPSA) is 178 Å². The maximum absolute atomic E-state index is 12.9. The van der Waals surface area contributed by atoms with Gasteiger partial charge in [0.1, 0.15) is 30.5 Å². The fourth-order valence-electron chi connectivity index (χ4n) is 7.58. The summed E-state index contributed by atoms with van der Waals surface area (Å²) in [5, 5.41) is 30.8. The van der Waals surface area contributed by atoms with Crippen LogP contribution in [0.2, 0.25) is 0 Å². The first-order chi connectivity index (χ1) is 33.1. The highest BCUT2D eigenvalue weighted by molar-refractivity contribution is 7.80. The predicted molar refractivity (Wildman–Crippen MR) is 275 cm³/mol. The molecule has 0 aromatic heterocycles. The molecule has 0 aliphatic carbocycles. The number of rotatable bonds is 45. The van der Waals surface area contributed by atoms with E-state index in [-0.39, 0.29) is 19.6 Å². The Bertz CT molecular complexity index is 1500. The molecule has 0 amide bonds. The van der Waals surface area contributed by atoms with Gasteiger partial charge in [0.2, 0.25) is 0 Å². The van der Waals surface area contributed by atoms with E-state index in [4.69, 9.17) is 18.9 Å². The van der Waals surface area contributed by atoms with Gasteiger partial charge in [-0.25, -0.2) is 4.18 Å². The van der Waals surface area contributed by atoms with Crippen LogP contribution in [0.15, 0.2) is 85.1 Å². The van der Waals surface area contributed by atoms with E-state index in [1.165, 1.54) is 109 Å². The van der Waals surface area contributed by atoms with Crippen LogP contribution in [0, 0.1) is 0 Å². The number of carbonyl (C=O) groups is 1. The molecule has 0 aromatic carbocycles. The highest BCUT2D eigenvalue weighted by atomic mass is 32.3. The van der Waals surface area contributed by atoms with E-state index in [9.17, 15) is 33.1 Å². The van der Waals surface area contributed by atoms with Gasteiger partial charge in [-0.15, -0.1) is 0 Å². The number of hydrogen-bond acceptors (Lipinski definition) is 11. The Morgan fingerprint density at radius 2 is 1.01 bits per heavy atom. The molecule has 1 saturated heterocycles. The number of hydrogen-bond donors (Lipinski definition) is 4. The van der Waals surface area contributed by atoms with Crippen molar-refractivity contribution in [3.05, 3.63) is 85.1 Å². The summed E-state index contributed by atoms with van der Waals surface area (Å²) >= 11 is 0. The molecule has 1 heterocycles. The van der Waals surface area contributed by atoms with Gasteiger partial charge in [-0.1, -0.05) is 195 Å². The number of allylic oxidation sites excluding steroid dienone is 14. The minimum Gasteiger partial charge on any atom is -0.457 e. The average Bonchev–Trinajstić information content (AvgIpc) is 3.31. The first-order valence-corrected chi connectivity index (χ1v) is 27.7. The van der Waals surface area contributed by atoms with Crippen LogP contribution in [0.3, 0.4) is 0 Å². The largest absolute Gasteiger partial charge is 0.457 e. The lowest BCUT2D eigenvalue weighted by molar-refractivity contribution is -0.301. The molecule has 6 atom stereocenters. The molecule has 0 saturated carbocycles. The predicted octanol–water partition coefficient (Wildman–Crippen LogP) is 12.4. The molecule has 4 N–H and O–H groups in total. The van der Waals surface area contributed by atoms with E-state index in [1.54, 1.807) is 0 Å². The van der Waals surface area contributed by atoms with Crippen LogP contribution in [0.5, 0.6) is 0 Å². The molecule has 1 rings (SSSR count). The lowest BCUT2D eigenvalue weighted by atomic mass is 9.99. The van der Waals surface area contributed by atoms with Crippen LogP contribution in [0.4, 0.5) is 0 Å². The Balaban J connectivity index is 2.40. The van der Waals surface area contributed by atoms with Gasteiger partial charge in [-0.2, -0.15) is 8.42 Å². The average molecular weight is 979 g/mol. The van der Waals surface area contributed by atoms with Gasteiger partial charge >= 0.3 is 16.4 Å². The van der Waals surface area contributed by atoms with Crippen molar-refractivity contribution >= 4 is 16.4 Å². The van der Waals surface area contributed by atoms with Crippen LogP contribution < -0.4 is 0 Å². The van der Waals surface area contributed by atoms with Crippen molar-refractivity contribution < 1.29 is 56.2 Å². The fourth-order valence-corrected chi connectivity index (χ4v) is 8.08. The van der Waals surface area contributed by atoms with Gasteiger partial charge in [-0.3, -0.25) is 9.35 Å². The number of esters is 1. The van der Waals surface area contributed by atoms with Crippen molar-refractivity contribution in [1.29, 1.82) is 0 Å². The second kappa shape index (κ2) is 45.4. The fraction of sp³-hybridized carbons (Fsp3) is 0.727. The van der Waals surface area contributed by atoms with Crippen molar-refractivity contribution in [2.75, 3.05) is 26.4 Å². The van der Waals surface area contributed by atoms with Crippen LogP contribution in [0.25, 0.3) is 0 Å². The van der Waals surface area contributed by atoms with Crippen molar-refractivity contribution in [1.82, 2.24) is 0 Å². The molecular formula is C55H94O12S. The van der Waals surface area contributed by atoms with E-state index in [0.717, 1.165) is 57.8 Å². The van der Waals surface area contributed by atoms with Crippen LogP contribution in [0.1, 0.15) is 194 Å². The normalized spacial score (nSPS) is 20.0. The lowest BCUT2D eigenvalue weighted by Crippen LogP contribution is -2.60. The first-order valence-electron chi connectivity index (χ1n) is 26.3. The molecule has 12 nitrogen and oxygen atoms in total. The number of aliphatic hydroxyl groups is 3. The van der Waals surface area contributed by atoms with E-state index in [1.807, 2.05) is 12.2 Å². The van der Waals surface area contributed by atoms with Gasteiger partial charge in [-0.05, 0) is 77.0 Å². The van der Waals surface area contributed by atoms with Crippen molar-refractivity contribution in [3.63, 3.8) is 0 Å². The SMILES string of the molecule is CC/C=C\C/C=C\C/C=C\C/C=C\C/C=C\C/C=C\CCC(=O)OC(COCCCCCCCCCCCC/C=C\CCCCCCCCCC)COC1OC(CO)C(O)C(OS(=O)(=O)O)C1O. The van der Waals surface area contributed by atoms with Crippen LogP contribution in [-0.4, -0.2) is 97.5 Å². The van der Waals surface area contributed by atoms with Gasteiger partial charge in [0.15, 0.2) is 6.29 Å². The van der Waals surface area contributed by atoms with Gasteiger partial charge in [0, 0.05) is 13.0 Å². The first kappa shape index (κ1) is 63.3. The zero-order chi connectivity index (χ0) is 49.6. The second-order valence-corrected chi connectivity index (χ2v) is 18.8. The number of carbonyl (C=O) groups excluding carboxylic acids is 1. The zero-order valence-electron chi connectivity index (χ0n) is 42.1. The molecule has 6 unspecified atom stereocenters. The Morgan fingerprint density at radius 3 is 1.49 bits per heavy atom. The third-order valence-corrected chi connectivity index (χ3v) is 12.0. The monoisotopic (exact) mass is 979 g/mol. The van der Waals surface area contributed by atoms with Crippen LogP contribution >= 0.6 is 0 Å². The number of aliphatic hydroxyl groups excluding tert-OH is 3. The highest BCUT2D eigenvalue weighted by Crippen LogP contribution is 2.26. The minimum atomic E-state index is -5.08. The molecule has 0 bridgehead atoms. The highest BCUT2D eigenvalue weighted by Gasteiger charge is 2.48. The molecular weight excluding hydrogens is 885 g/mol. The molecule has 1 aliphatic heterocycles. The van der Waals surface area contributed by atoms with E-state index in [2.05, 4.69) is 90.9 Å². The summed E-state index contributed by atoms with van der Waals surface area (Å²) in [7, 11) is -5.08. The summed E-state index contributed by atoms with van der Waals surface area (Å²) in [4.78, 5) is 12.9. The van der Waals surface area contributed by atoms with E-state index < -0.39 is 59.8 Å². The summed E-state index contributed by atoms with van der Waals surface area (Å²) in [6.45, 7) is 3.79. The lowest BCUT2D eigenvalue weighted by Gasteiger charge is -2.41. The molecule has 13 heteroatoms. The van der Waals surface area contributed by atoms with Crippen molar-refractivity contribution in [2.24, 2.45) is 0 Å². The molecule has 0 aromatic rings. The quantitative estimate of drug-likeness (QED) is 0.0197. The van der Waals surface area contributed by atoms with Crippen molar-refractivity contribution in [2.45, 2.75) is 230 Å². The summed E-state index contributed by atoms with van der Waals surface area (Å²) in [5.41, 5.74) is 0. The zero-order valence-corrected chi connectivity index (χ0v) is 43.0. The maximum Gasteiger partial charge on any atom is 0.397 e. The summed E-state index contributed by atoms with van der Waals surface area (Å²) in [6, 6.07) is 0. The summed E-state index contributed by atoms with van der Waals surface area (Å²) < 4.78 is 59.2. The number of ether oxygens (including phenoxy) is 4. The Morgan fingerprint density at radius 1 is 0.574 bits per heavy atom. The Labute approximate surface area is 413 Å². The molecule has 1 fully saturated rings. The second-order valence-electron chi connectivity index (χ2n) is 17.7. The van der Waals surface area contributed by atoms with Gasteiger partial charge < -0.3 is 34.3 Å². The third kappa shape index (κ3) is 38.1. The van der Waals surface area contributed by atoms with Gasteiger partial charge in [0.05, 0.1) is 19.8 Å². The number of unbranched alkanes of at least 4 members (excludes halogenated alkanes) is 18. The molecule has 0 radical (unpaired) electrons. The summed E-state index contributed by atoms with van der Waals surface area (Å²) in [5.74, 6) is -0.482. The van der Waals surface area contributed by atoms with Crippen molar-refractivity contribution in [3.8, 4) is 0 Å². The van der Waals surface area contributed by atoms with Gasteiger partial charge in [0.25, 0.3) is 0 Å². The molecule has 0 spiro atoms. The molecule has 1 aliphatic rings. The Kier molecular flexibility index (Phi) is 42.3. The third-order valence-electron chi connectivity index (χ3n) is 11.5. The minimum absolute atomic E-state index is 0.000509.